The minimum atomic E-state index is -0.169. The molecule has 0 aliphatic rings. The molecule has 2 heterocycles. The fourth-order valence-corrected chi connectivity index (χ4v) is 2.90. The standard InChI is InChI=1S/C16H15Cl2N3/c1-11(17)16-20-14-7-4-6-13(18)15(14)21(16)10-8-12-5-2-3-9-19-12/h2-7,9,11H,8,10H2,1H3. The molecule has 3 nitrogen and oxygen atoms in total. The first-order valence-corrected chi connectivity index (χ1v) is 7.67. The highest BCUT2D eigenvalue weighted by molar-refractivity contribution is 6.35. The molecular weight excluding hydrogens is 305 g/mol. The summed E-state index contributed by atoms with van der Waals surface area (Å²) in [5, 5.41) is 0.529. The Labute approximate surface area is 133 Å². The van der Waals surface area contributed by atoms with Gasteiger partial charge in [0.25, 0.3) is 0 Å². The van der Waals surface area contributed by atoms with Crippen LogP contribution in [0.25, 0.3) is 11.0 Å². The zero-order valence-corrected chi connectivity index (χ0v) is 13.1. The molecule has 1 aromatic carbocycles. The van der Waals surface area contributed by atoms with Crippen molar-refractivity contribution in [1.82, 2.24) is 14.5 Å². The summed E-state index contributed by atoms with van der Waals surface area (Å²) in [6.07, 6.45) is 2.62. The molecule has 1 atom stereocenters. The Morgan fingerprint density at radius 3 is 2.76 bits per heavy atom. The van der Waals surface area contributed by atoms with Gasteiger partial charge in [-0.25, -0.2) is 4.98 Å². The van der Waals surface area contributed by atoms with Crippen LogP contribution in [0.5, 0.6) is 0 Å². The lowest BCUT2D eigenvalue weighted by Crippen LogP contribution is -2.07. The number of fused-ring (bicyclic) bond motifs is 1. The summed E-state index contributed by atoms with van der Waals surface area (Å²) in [7, 11) is 0. The molecule has 0 radical (unpaired) electrons. The Hall–Kier alpha value is -1.58. The number of imidazole rings is 1. The maximum atomic E-state index is 6.34. The molecule has 21 heavy (non-hydrogen) atoms. The van der Waals surface area contributed by atoms with Crippen LogP contribution in [0, 0.1) is 0 Å². The van der Waals surface area contributed by atoms with E-state index in [4.69, 9.17) is 23.2 Å². The van der Waals surface area contributed by atoms with Crippen molar-refractivity contribution >= 4 is 34.2 Å². The van der Waals surface area contributed by atoms with Crippen molar-refractivity contribution in [1.29, 1.82) is 0 Å². The van der Waals surface area contributed by atoms with E-state index in [0.29, 0.717) is 5.02 Å². The largest absolute Gasteiger partial charge is 0.325 e. The third kappa shape index (κ3) is 2.89. The number of rotatable bonds is 4. The molecule has 0 aliphatic carbocycles. The third-order valence-corrected chi connectivity index (χ3v) is 3.92. The van der Waals surface area contributed by atoms with Gasteiger partial charge in [0.1, 0.15) is 5.82 Å². The summed E-state index contributed by atoms with van der Waals surface area (Å²) in [5.41, 5.74) is 2.86. The van der Waals surface area contributed by atoms with Crippen LogP contribution >= 0.6 is 23.2 Å². The van der Waals surface area contributed by atoms with Crippen molar-refractivity contribution in [3.8, 4) is 0 Å². The van der Waals surface area contributed by atoms with Crippen LogP contribution < -0.4 is 0 Å². The molecule has 2 aromatic heterocycles. The summed E-state index contributed by atoms with van der Waals surface area (Å²) < 4.78 is 2.10. The van der Waals surface area contributed by atoms with Gasteiger partial charge in [-0.3, -0.25) is 4.98 Å². The van der Waals surface area contributed by atoms with E-state index in [1.165, 1.54) is 0 Å². The minimum absolute atomic E-state index is 0.169. The normalized spacial score (nSPS) is 12.7. The Bertz CT molecular complexity index is 751. The van der Waals surface area contributed by atoms with Gasteiger partial charge in [0, 0.05) is 24.9 Å². The zero-order chi connectivity index (χ0) is 14.8. The van der Waals surface area contributed by atoms with Crippen LogP contribution in [0.2, 0.25) is 5.02 Å². The van der Waals surface area contributed by atoms with Crippen molar-refractivity contribution < 1.29 is 0 Å². The molecule has 108 valence electrons. The van der Waals surface area contributed by atoms with Gasteiger partial charge in [0.05, 0.1) is 21.4 Å². The third-order valence-electron chi connectivity index (χ3n) is 3.42. The van der Waals surface area contributed by atoms with E-state index >= 15 is 0 Å². The molecule has 0 fully saturated rings. The number of nitrogens with zero attached hydrogens (tertiary/aromatic N) is 3. The molecule has 0 spiro atoms. The first kappa shape index (κ1) is 14.4. The van der Waals surface area contributed by atoms with Crippen LogP contribution in [0.1, 0.15) is 23.8 Å². The van der Waals surface area contributed by atoms with Crippen molar-refractivity contribution in [3.05, 3.63) is 59.1 Å². The van der Waals surface area contributed by atoms with E-state index in [2.05, 4.69) is 14.5 Å². The fourth-order valence-electron chi connectivity index (χ4n) is 2.46. The smallest absolute Gasteiger partial charge is 0.127 e. The van der Waals surface area contributed by atoms with Gasteiger partial charge in [-0.2, -0.15) is 0 Å². The van der Waals surface area contributed by atoms with E-state index in [-0.39, 0.29) is 5.38 Å². The quantitative estimate of drug-likeness (QED) is 0.656. The lowest BCUT2D eigenvalue weighted by atomic mass is 10.2. The Morgan fingerprint density at radius 1 is 1.19 bits per heavy atom. The van der Waals surface area contributed by atoms with Crippen molar-refractivity contribution in [2.75, 3.05) is 0 Å². The fraction of sp³-hybridized carbons (Fsp3) is 0.250. The maximum absolute atomic E-state index is 6.34. The lowest BCUT2D eigenvalue weighted by Gasteiger charge is -2.11. The van der Waals surface area contributed by atoms with Gasteiger partial charge < -0.3 is 4.57 Å². The summed E-state index contributed by atoms with van der Waals surface area (Å²) in [4.78, 5) is 8.97. The number of pyridine rings is 1. The van der Waals surface area contributed by atoms with Gasteiger partial charge in [-0.15, -0.1) is 11.6 Å². The molecule has 3 aromatic rings. The van der Waals surface area contributed by atoms with Crippen molar-refractivity contribution in [3.63, 3.8) is 0 Å². The predicted molar refractivity (Wildman–Crippen MR) is 87.0 cm³/mol. The van der Waals surface area contributed by atoms with E-state index in [1.54, 1.807) is 6.20 Å². The molecule has 1 unspecified atom stereocenters. The molecule has 5 heteroatoms. The predicted octanol–water partition coefficient (Wildman–Crippen LogP) is 4.63. The number of aryl methyl sites for hydroxylation is 2. The van der Waals surface area contributed by atoms with Gasteiger partial charge in [-0.1, -0.05) is 23.7 Å². The summed E-state index contributed by atoms with van der Waals surface area (Å²) >= 11 is 12.6. The summed E-state index contributed by atoms with van der Waals surface area (Å²) in [6, 6.07) is 11.7. The monoisotopic (exact) mass is 319 g/mol. The van der Waals surface area contributed by atoms with Gasteiger partial charge in [0.2, 0.25) is 0 Å². The van der Waals surface area contributed by atoms with E-state index in [1.807, 2.05) is 43.3 Å². The van der Waals surface area contributed by atoms with Gasteiger partial charge >= 0.3 is 0 Å². The number of halogens is 2. The van der Waals surface area contributed by atoms with E-state index in [9.17, 15) is 0 Å². The molecule has 0 bridgehead atoms. The maximum Gasteiger partial charge on any atom is 0.127 e. The van der Waals surface area contributed by atoms with Crippen LogP contribution in [-0.4, -0.2) is 14.5 Å². The number of para-hydroxylation sites is 1. The number of hydrogen-bond acceptors (Lipinski definition) is 2. The molecule has 0 N–H and O–H groups in total. The van der Waals surface area contributed by atoms with Crippen LogP contribution in [0.4, 0.5) is 0 Å². The highest BCUT2D eigenvalue weighted by atomic mass is 35.5. The molecule has 0 saturated carbocycles. The second-order valence-electron chi connectivity index (χ2n) is 4.92. The first-order chi connectivity index (χ1) is 10.2. The SMILES string of the molecule is CC(Cl)c1nc2cccc(Cl)c2n1CCc1ccccn1. The number of benzene rings is 1. The molecule has 0 saturated heterocycles. The van der Waals surface area contributed by atoms with Crippen LogP contribution in [-0.2, 0) is 13.0 Å². The Morgan fingerprint density at radius 2 is 2.05 bits per heavy atom. The second kappa shape index (κ2) is 6.04. The lowest BCUT2D eigenvalue weighted by molar-refractivity contribution is 0.660. The van der Waals surface area contributed by atoms with E-state index in [0.717, 1.165) is 35.5 Å². The topological polar surface area (TPSA) is 30.7 Å². The number of aromatic nitrogens is 3. The highest BCUT2D eigenvalue weighted by Crippen LogP contribution is 2.29. The Balaban J connectivity index is 2.01. The van der Waals surface area contributed by atoms with Gasteiger partial charge in [0.15, 0.2) is 0 Å². The van der Waals surface area contributed by atoms with Gasteiger partial charge in [-0.05, 0) is 31.2 Å². The molecule has 0 aliphatic heterocycles. The van der Waals surface area contributed by atoms with Crippen molar-refractivity contribution in [2.45, 2.75) is 25.3 Å². The molecule has 0 amide bonds. The van der Waals surface area contributed by atoms with Crippen molar-refractivity contribution in [2.24, 2.45) is 0 Å². The average Bonchev–Trinajstić information content (AvgIpc) is 2.86. The second-order valence-corrected chi connectivity index (χ2v) is 5.98. The summed E-state index contributed by atoms with van der Waals surface area (Å²) in [6.45, 7) is 2.68. The minimum Gasteiger partial charge on any atom is -0.325 e. The molecule has 3 rings (SSSR count). The average molecular weight is 320 g/mol. The van der Waals surface area contributed by atoms with Crippen LogP contribution in [0.15, 0.2) is 42.6 Å². The first-order valence-electron chi connectivity index (χ1n) is 6.85. The number of alkyl halides is 1. The van der Waals surface area contributed by atoms with E-state index < -0.39 is 0 Å². The summed E-state index contributed by atoms with van der Waals surface area (Å²) in [5.74, 6) is 0.843. The Kier molecular flexibility index (Phi) is 4.13. The molecular formula is C16H15Cl2N3. The van der Waals surface area contributed by atoms with Crippen LogP contribution in [0.3, 0.4) is 0 Å². The zero-order valence-electron chi connectivity index (χ0n) is 11.6. The number of hydrogen-bond donors (Lipinski definition) is 0. The highest BCUT2D eigenvalue weighted by Gasteiger charge is 2.16.